The highest BCUT2D eigenvalue weighted by molar-refractivity contribution is 8.14. The zero-order valence-electron chi connectivity index (χ0n) is 13.5. The van der Waals surface area contributed by atoms with E-state index in [0.29, 0.717) is 19.6 Å². The van der Waals surface area contributed by atoms with Gasteiger partial charge in [-0.25, -0.2) is 0 Å². The first-order chi connectivity index (χ1) is 11.6. The lowest BCUT2D eigenvalue weighted by Crippen LogP contribution is -2.41. The number of hydrogen-bond acceptors (Lipinski definition) is 5. The fourth-order valence-corrected chi connectivity index (χ4v) is 3.87. The van der Waals surface area contributed by atoms with Gasteiger partial charge in [0.2, 0.25) is 16.9 Å². The van der Waals surface area contributed by atoms with Crippen LogP contribution in [0.3, 0.4) is 0 Å². The molecule has 2 saturated heterocycles. The standard InChI is InChI=1S/C17H20N2O4S/c1-2-23-13-5-3-12(4-6-13)19-10-11(9-15(19)20)16(21)18-14-7-8-24-17(14)22/h3-6,11,14H,2,7-10H2,1H3,(H,18,21)/t11-,14+/m0/s1. The quantitative estimate of drug-likeness (QED) is 0.874. The van der Waals surface area contributed by atoms with Crippen molar-refractivity contribution in [2.75, 3.05) is 23.8 Å². The number of nitrogens with zero attached hydrogens (tertiary/aromatic N) is 1. The van der Waals surface area contributed by atoms with Crippen molar-refractivity contribution < 1.29 is 19.1 Å². The Hall–Kier alpha value is -2.02. The summed E-state index contributed by atoms with van der Waals surface area (Å²) in [6, 6.07) is 6.86. The number of thioether (sulfide) groups is 1. The van der Waals surface area contributed by atoms with Crippen molar-refractivity contribution in [1.82, 2.24) is 5.32 Å². The van der Waals surface area contributed by atoms with E-state index < -0.39 is 12.0 Å². The van der Waals surface area contributed by atoms with Crippen molar-refractivity contribution in [2.24, 2.45) is 5.92 Å². The van der Waals surface area contributed by atoms with Crippen LogP contribution in [0.5, 0.6) is 5.75 Å². The van der Waals surface area contributed by atoms with Crippen LogP contribution in [0.25, 0.3) is 0 Å². The monoisotopic (exact) mass is 348 g/mol. The molecule has 2 atom stereocenters. The van der Waals surface area contributed by atoms with E-state index in [1.165, 1.54) is 11.8 Å². The van der Waals surface area contributed by atoms with Gasteiger partial charge in [-0.15, -0.1) is 0 Å². The average Bonchev–Trinajstić information content (AvgIpc) is 3.15. The number of carbonyl (C=O) groups excluding carboxylic acids is 3. The molecule has 128 valence electrons. The van der Waals surface area contributed by atoms with Gasteiger partial charge < -0.3 is 15.0 Å². The molecular weight excluding hydrogens is 328 g/mol. The molecule has 2 aliphatic rings. The molecule has 2 amide bonds. The lowest BCUT2D eigenvalue weighted by atomic mass is 10.1. The average molecular weight is 348 g/mol. The molecule has 3 rings (SSSR count). The number of nitrogens with one attached hydrogen (secondary N) is 1. The molecule has 0 spiro atoms. The van der Waals surface area contributed by atoms with Crippen molar-refractivity contribution in [3.63, 3.8) is 0 Å². The molecule has 24 heavy (non-hydrogen) atoms. The molecule has 1 aromatic carbocycles. The molecule has 7 heteroatoms. The van der Waals surface area contributed by atoms with Gasteiger partial charge in [-0.05, 0) is 37.6 Å². The highest BCUT2D eigenvalue weighted by atomic mass is 32.2. The Morgan fingerprint density at radius 2 is 2.08 bits per heavy atom. The van der Waals surface area contributed by atoms with Gasteiger partial charge in [0.15, 0.2) is 0 Å². The Morgan fingerprint density at radius 1 is 1.33 bits per heavy atom. The first kappa shape index (κ1) is 16.8. The number of anilines is 1. The number of amides is 2. The molecule has 0 aromatic heterocycles. The lowest BCUT2D eigenvalue weighted by Gasteiger charge is -2.18. The first-order valence-electron chi connectivity index (χ1n) is 8.08. The summed E-state index contributed by atoms with van der Waals surface area (Å²) < 4.78 is 5.39. The second-order valence-corrected chi connectivity index (χ2v) is 6.95. The predicted octanol–water partition coefficient (Wildman–Crippen LogP) is 1.59. The van der Waals surface area contributed by atoms with Crippen LogP contribution in [-0.2, 0) is 14.4 Å². The van der Waals surface area contributed by atoms with E-state index in [1.807, 2.05) is 31.2 Å². The van der Waals surface area contributed by atoms with Gasteiger partial charge in [0.05, 0.1) is 18.6 Å². The number of hydrogen-bond donors (Lipinski definition) is 1. The van der Waals surface area contributed by atoms with E-state index in [-0.39, 0.29) is 23.4 Å². The number of ether oxygens (including phenoxy) is 1. The summed E-state index contributed by atoms with van der Waals surface area (Å²) in [4.78, 5) is 37.8. The third-order valence-corrected chi connectivity index (χ3v) is 5.22. The molecule has 2 heterocycles. The topological polar surface area (TPSA) is 75.7 Å². The van der Waals surface area contributed by atoms with E-state index in [4.69, 9.17) is 4.74 Å². The Morgan fingerprint density at radius 3 is 2.71 bits per heavy atom. The van der Waals surface area contributed by atoms with E-state index in [9.17, 15) is 14.4 Å². The maximum atomic E-state index is 12.3. The zero-order chi connectivity index (χ0) is 17.1. The van der Waals surface area contributed by atoms with E-state index in [2.05, 4.69) is 5.32 Å². The maximum Gasteiger partial charge on any atom is 0.227 e. The zero-order valence-corrected chi connectivity index (χ0v) is 14.3. The molecular formula is C17H20N2O4S. The normalized spacial score (nSPS) is 23.6. The summed E-state index contributed by atoms with van der Waals surface area (Å²) in [5, 5.41) is 2.79. The summed E-state index contributed by atoms with van der Waals surface area (Å²) in [7, 11) is 0. The third-order valence-electron chi connectivity index (χ3n) is 4.21. The van der Waals surface area contributed by atoms with Crippen molar-refractivity contribution in [1.29, 1.82) is 0 Å². The van der Waals surface area contributed by atoms with Crippen LogP contribution >= 0.6 is 11.8 Å². The van der Waals surface area contributed by atoms with Crippen molar-refractivity contribution in [2.45, 2.75) is 25.8 Å². The molecule has 0 radical (unpaired) electrons. The van der Waals surface area contributed by atoms with Crippen LogP contribution in [0.4, 0.5) is 5.69 Å². The largest absolute Gasteiger partial charge is 0.494 e. The third kappa shape index (κ3) is 3.56. The second kappa shape index (κ2) is 7.25. The van der Waals surface area contributed by atoms with Crippen molar-refractivity contribution in [3.05, 3.63) is 24.3 Å². The van der Waals surface area contributed by atoms with Gasteiger partial charge in [0.1, 0.15) is 5.75 Å². The van der Waals surface area contributed by atoms with Crippen molar-refractivity contribution >= 4 is 34.4 Å². The minimum Gasteiger partial charge on any atom is -0.494 e. The summed E-state index contributed by atoms with van der Waals surface area (Å²) in [6.45, 7) is 2.84. The molecule has 0 aliphatic carbocycles. The minimum absolute atomic E-state index is 0.0102. The summed E-state index contributed by atoms with van der Waals surface area (Å²) in [6.07, 6.45) is 0.839. The highest BCUT2D eigenvalue weighted by Crippen LogP contribution is 2.27. The van der Waals surface area contributed by atoms with Crippen LogP contribution in [0.2, 0.25) is 0 Å². The summed E-state index contributed by atoms with van der Waals surface area (Å²) in [5.41, 5.74) is 0.756. The van der Waals surface area contributed by atoms with Gasteiger partial charge in [-0.1, -0.05) is 11.8 Å². The molecule has 1 aromatic rings. The molecule has 0 bridgehead atoms. The van der Waals surface area contributed by atoms with E-state index >= 15 is 0 Å². The van der Waals surface area contributed by atoms with Gasteiger partial charge in [-0.3, -0.25) is 14.4 Å². The van der Waals surface area contributed by atoms with Crippen LogP contribution in [0.15, 0.2) is 24.3 Å². The first-order valence-corrected chi connectivity index (χ1v) is 9.07. The van der Waals surface area contributed by atoms with Gasteiger partial charge in [-0.2, -0.15) is 0 Å². The fraction of sp³-hybridized carbons (Fsp3) is 0.471. The number of benzene rings is 1. The summed E-state index contributed by atoms with van der Waals surface area (Å²) >= 11 is 1.25. The minimum atomic E-state index is -0.414. The smallest absolute Gasteiger partial charge is 0.227 e. The number of carbonyl (C=O) groups is 3. The number of rotatable bonds is 5. The fourth-order valence-electron chi connectivity index (χ4n) is 2.94. The Kier molecular flexibility index (Phi) is 5.08. The Labute approximate surface area is 144 Å². The SMILES string of the molecule is CCOc1ccc(N2C[C@@H](C(=O)N[C@@H]3CCSC3=O)CC2=O)cc1. The van der Waals surface area contributed by atoms with Crippen LogP contribution in [-0.4, -0.2) is 41.9 Å². The van der Waals surface area contributed by atoms with E-state index in [0.717, 1.165) is 17.2 Å². The second-order valence-electron chi connectivity index (χ2n) is 5.85. The van der Waals surface area contributed by atoms with Gasteiger partial charge in [0, 0.05) is 24.4 Å². The molecule has 1 N–H and O–H groups in total. The maximum absolute atomic E-state index is 12.3. The van der Waals surface area contributed by atoms with E-state index in [1.54, 1.807) is 4.90 Å². The van der Waals surface area contributed by atoms with Crippen molar-refractivity contribution in [3.8, 4) is 5.75 Å². The lowest BCUT2D eigenvalue weighted by molar-refractivity contribution is -0.128. The van der Waals surface area contributed by atoms with Gasteiger partial charge in [0.25, 0.3) is 0 Å². The highest BCUT2D eigenvalue weighted by Gasteiger charge is 2.37. The predicted molar refractivity (Wildman–Crippen MR) is 92.1 cm³/mol. The van der Waals surface area contributed by atoms with Crippen LogP contribution in [0.1, 0.15) is 19.8 Å². The molecule has 6 nitrogen and oxygen atoms in total. The Balaban J connectivity index is 1.62. The molecule has 2 aliphatic heterocycles. The van der Waals surface area contributed by atoms with Gasteiger partial charge >= 0.3 is 0 Å². The van der Waals surface area contributed by atoms with Crippen LogP contribution in [0, 0.1) is 5.92 Å². The Bertz CT molecular complexity index is 646. The molecule has 0 unspecified atom stereocenters. The van der Waals surface area contributed by atoms with Crippen LogP contribution < -0.4 is 15.0 Å². The molecule has 0 saturated carbocycles. The molecule has 2 fully saturated rings. The summed E-state index contributed by atoms with van der Waals surface area (Å²) in [5.74, 6) is 0.789.